The molecule has 1 saturated heterocycles. The Morgan fingerprint density at radius 3 is 2.90 bits per heavy atom. The predicted molar refractivity (Wildman–Crippen MR) is 77.9 cm³/mol. The van der Waals surface area contributed by atoms with E-state index in [-0.39, 0.29) is 17.4 Å². The van der Waals surface area contributed by atoms with Gasteiger partial charge in [0.2, 0.25) is 0 Å². The molecule has 1 atom stereocenters. The number of nitrogens with one attached hydrogen (secondary N) is 1. The van der Waals surface area contributed by atoms with Crippen LogP contribution in [-0.4, -0.2) is 39.0 Å². The molecule has 1 aliphatic rings. The van der Waals surface area contributed by atoms with Crippen molar-refractivity contribution in [2.75, 3.05) is 13.1 Å². The molecule has 110 valence electrons. The van der Waals surface area contributed by atoms with Gasteiger partial charge in [0.05, 0.1) is 17.0 Å². The Kier molecular flexibility index (Phi) is 3.47. The first-order valence-electron chi connectivity index (χ1n) is 6.97. The van der Waals surface area contributed by atoms with Gasteiger partial charge in [0.1, 0.15) is 5.69 Å². The van der Waals surface area contributed by atoms with Crippen LogP contribution in [0, 0.1) is 11.8 Å². The lowest BCUT2D eigenvalue weighted by molar-refractivity contribution is -0.145. The lowest BCUT2D eigenvalue weighted by Gasteiger charge is -2.40. The summed E-state index contributed by atoms with van der Waals surface area (Å²) in [6.07, 6.45) is 0. The number of hydrogen-bond donors (Lipinski definition) is 2. The minimum Gasteiger partial charge on any atom is -0.481 e. The van der Waals surface area contributed by atoms with Crippen LogP contribution < -0.4 is 5.56 Å². The topological polar surface area (TPSA) is 86.3 Å². The van der Waals surface area contributed by atoms with Crippen LogP contribution >= 0.6 is 0 Å². The Hall–Kier alpha value is -2.21. The van der Waals surface area contributed by atoms with E-state index >= 15 is 0 Å². The number of aromatic amines is 1. The third kappa shape index (κ3) is 2.67. The van der Waals surface area contributed by atoms with E-state index in [1.807, 2.05) is 24.3 Å². The summed E-state index contributed by atoms with van der Waals surface area (Å²) in [7, 11) is 0. The van der Waals surface area contributed by atoms with Gasteiger partial charge in [-0.2, -0.15) is 0 Å². The van der Waals surface area contributed by atoms with Gasteiger partial charge in [-0.25, -0.2) is 4.98 Å². The second-order valence-electron chi connectivity index (χ2n) is 5.61. The summed E-state index contributed by atoms with van der Waals surface area (Å²) in [6, 6.07) is 7.42. The van der Waals surface area contributed by atoms with Gasteiger partial charge in [-0.1, -0.05) is 19.1 Å². The van der Waals surface area contributed by atoms with Crippen LogP contribution in [0.25, 0.3) is 11.0 Å². The number of carboxylic acids is 1. The summed E-state index contributed by atoms with van der Waals surface area (Å²) in [6.45, 7) is 3.58. The molecule has 0 aliphatic carbocycles. The molecule has 3 rings (SSSR count). The zero-order chi connectivity index (χ0) is 15.0. The number of fused-ring (bicyclic) bond motifs is 1. The fraction of sp³-hybridized carbons (Fsp3) is 0.400. The first-order valence-corrected chi connectivity index (χ1v) is 6.97. The molecular formula is C15H17N3O3. The molecule has 2 N–H and O–H groups in total. The molecule has 21 heavy (non-hydrogen) atoms. The standard InChI is InChI=1S/C15H17N3O3/c1-9(15(20)21)10-6-18(7-10)8-13-14(19)17-12-5-3-2-4-11(12)16-13/h2-5,9-10H,6-8H2,1H3,(H,17,19)(H,20,21). The quantitative estimate of drug-likeness (QED) is 0.878. The number of hydrogen-bond acceptors (Lipinski definition) is 4. The zero-order valence-electron chi connectivity index (χ0n) is 11.7. The summed E-state index contributed by atoms with van der Waals surface area (Å²) in [5.74, 6) is -0.951. The van der Waals surface area contributed by atoms with Gasteiger partial charge in [0.25, 0.3) is 5.56 Å². The highest BCUT2D eigenvalue weighted by Crippen LogP contribution is 2.24. The largest absolute Gasteiger partial charge is 0.481 e. The van der Waals surface area contributed by atoms with E-state index in [2.05, 4.69) is 14.9 Å². The highest BCUT2D eigenvalue weighted by Gasteiger charge is 2.34. The summed E-state index contributed by atoms with van der Waals surface area (Å²) in [5, 5.41) is 8.97. The molecule has 1 unspecified atom stereocenters. The lowest BCUT2D eigenvalue weighted by Crippen LogP contribution is -2.50. The van der Waals surface area contributed by atoms with Crippen molar-refractivity contribution in [2.24, 2.45) is 11.8 Å². The van der Waals surface area contributed by atoms with Crippen molar-refractivity contribution in [3.63, 3.8) is 0 Å². The van der Waals surface area contributed by atoms with E-state index in [1.54, 1.807) is 6.92 Å². The first kappa shape index (κ1) is 13.8. The average Bonchev–Trinajstić information content (AvgIpc) is 2.41. The van der Waals surface area contributed by atoms with Crippen LogP contribution in [0.15, 0.2) is 29.1 Å². The van der Waals surface area contributed by atoms with E-state index < -0.39 is 5.97 Å². The van der Waals surface area contributed by atoms with Gasteiger partial charge in [0.15, 0.2) is 0 Å². The van der Waals surface area contributed by atoms with Crippen LogP contribution in [-0.2, 0) is 11.3 Å². The van der Waals surface area contributed by atoms with Crippen LogP contribution in [0.3, 0.4) is 0 Å². The number of likely N-dealkylation sites (tertiary alicyclic amines) is 1. The van der Waals surface area contributed by atoms with Crippen molar-refractivity contribution >= 4 is 17.0 Å². The maximum absolute atomic E-state index is 12.0. The average molecular weight is 287 g/mol. The van der Waals surface area contributed by atoms with Crippen molar-refractivity contribution in [3.05, 3.63) is 40.3 Å². The lowest BCUT2D eigenvalue weighted by atomic mass is 9.87. The maximum Gasteiger partial charge on any atom is 0.306 e. The van der Waals surface area contributed by atoms with E-state index in [0.29, 0.717) is 25.3 Å². The van der Waals surface area contributed by atoms with Gasteiger partial charge >= 0.3 is 5.97 Å². The predicted octanol–water partition coefficient (Wildman–Crippen LogP) is 1.08. The Morgan fingerprint density at radius 1 is 1.48 bits per heavy atom. The number of H-pyrrole nitrogens is 1. The van der Waals surface area contributed by atoms with Crippen molar-refractivity contribution in [1.82, 2.24) is 14.9 Å². The minimum absolute atomic E-state index is 0.155. The van der Waals surface area contributed by atoms with E-state index in [4.69, 9.17) is 5.11 Å². The van der Waals surface area contributed by atoms with Crippen molar-refractivity contribution in [3.8, 4) is 0 Å². The fourth-order valence-electron chi connectivity index (χ4n) is 2.64. The van der Waals surface area contributed by atoms with Crippen LogP contribution in [0.2, 0.25) is 0 Å². The third-order valence-electron chi connectivity index (χ3n) is 4.13. The number of benzene rings is 1. The molecule has 0 spiro atoms. The molecule has 2 heterocycles. The van der Waals surface area contributed by atoms with E-state index in [0.717, 1.165) is 11.0 Å². The van der Waals surface area contributed by atoms with Crippen LogP contribution in [0.4, 0.5) is 0 Å². The van der Waals surface area contributed by atoms with E-state index in [1.165, 1.54) is 0 Å². The SMILES string of the molecule is CC(C(=O)O)C1CN(Cc2nc3ccccc3[nH]c2=O)C1. The smallest absolute Gasteiger partial charge is 0.306 e. The summed E-state index contributed by atoms with van der Waals surface area (Å²) < 4.78 is 0. The highest BCUT2D eigenvalue weighted by atomic mass is 16.4. The molecule has 1 aliphatic heterocycles. The maximum atomic E-state index is 12.0. The van der Waals surface area contributed by atoms with E-state index in [9.17, 15) is 9.59 Å². The molecule has 1 aromatic carbocycles. The number of aromatic nitrogens is 2. The Balaban J connectivity index is 1.71. The number of carboxylic acid groups (broad SMARTS) is 1. The molecule has 0 bridgehead atoms. The monoisotopic (exact) mass is 287 g/mol. The number of aliphatic carboxylic acids is 1. The molecule has 2 aromatic rings. The van der Waals surface area contributed by atoms with Crippen molar-refractivity contribution < 1.29 is 9.90 Å². The number of rotatable bonds is 4. The first-order chi connectivity index (χ1) is 10.0. The van der Waals surface area contributed by atoms with Gasteiger partial charge in [-0.15, -0.1) is 0 Å². The van der Waals surface area contributed by atoms with Gasteiger partial charge < -0.3 is 10.1 Å². The van der Waals surface area contributed by atoms with Crippen LogP contribution in [0.5, 0.6) is 0 Å². The molecule has 0 radical (unpaired) electrons. The fourth-order valence-corrected chi connectivity index (χ4v) is 2.64. The molecule has 0 amide bonds. The number of para-hydroxylation sites is 2. The molecule has 1 fully saturated rings. The van der Waals surface area contributed by atoms with Gasteiger partial charge in [-0.05, 0) is 18.1 Å². The zero-order valence-corrected chi connectivity index (χ0v) is 11.7. The Bertz CT molecular complexity index is 734. The van der Waals surface area contributed by atoms with Gasteiger partial charge in [0, 0.05) is 19.6 Å². The molecule has 6 nitrogen and oxygen atoms in total. The van der Waals surface area contributed by atoms with Crippen molar-refractivity contribution in [2.45, 2.75) is 13.5 Å². The Labute approximate surface area is 121 Å². The second kappa shape index (κ2) is 5.29. The normalized spacial score (nSPS) is 17.6. The molecule has 6 heteroatoms. The number of nitrogens with zero attached hydrogens (tertiary/aromatic N) is 2. The minimum atomic E-state index is -0.763. The Morgan fingerprint density at radius 2 is 2.19 bits per heavy atom. The van der Waals surface area contributed by atoms with Gasteiger partial charge in [-0.3, -0.25) is 14.5 Å². The summed E-state index contributed by atoms with van der Waals surface area (Å²) in [5.41, 5.74) is 1.80. The highest BCUT2D eigenvalue weighted by molar-refractivity contribution is 5.73. The third-order valence-corrected chi connectivity index (χ3v) is 4.13. The van der Waals surface area contributed by atoms with Crippen molar-refractivity contribution in [1.29, 1.82) is 0 Å². The van der Waals surface area contributed by atoms with Crippen LogP contribution in [0.1, 0.15) is 12.6 Å². The molecule has 1 aromatic heterocycles. The molecular weight excluding hydrogens is 270 g/mol. The number of carbonyl (C=O) groups is 1. The summed E-state index contributed by atoms with van der Waals surface area (Å²) >= 11 is 0. The summed E-state index contributed by atoms with van der Waals surface area (Å²) in [4.78, 5) is 32.2. The second-order valence-corrected chi connectivity index (χ2v) is 5.61. The molecule has 0 saturated carbocycles.